The van der Waals surface area contributed by atoms with Crippen LogP contribution in [0.25, 0.3) is 0 Å². The molecule has 5 heteroatoms. The van der Waals surface area contributed by atoms with E-state index in [1.54, 1.807) is 0 Å². The van der Waals surface area contributed by atoms with Crippen LogP contribution in [0.3, 0.4) is 0 Å². The van der Waals surface area contributed by atoms with Crippen molar-refractivity contribution in [3.8, 4) is 0 Å². The zero-order valence-corrected chi connectivity index (χ0v) is 11.4. The predicted molar refractivity (Wildman–Crippen MR) is 77.1 cm³/mol. The largest absolute Gasteiger partial charge is 0.356 e. The number of rotatable bonds is 3. The molecule has 0 bridgehead atoms. The van der Waals surface area contributed by atoms with Gasteiger partial charge in [0.2, 0.25) is 0 Å². The molecule has 2 aliphatic rings. The lowest BCUT2D eigenvalue weighted by molar-refractivity contribution is 0.553. The third-order valence-electron chi connectivity index (χ3n) is 4.00. The molecule has 0 atom stereocenters. The molecule has 5 nitrogen and oxygen atoms in total. The topological polar surface area (TPSA) is 67.1 Å². The molecule has 2 fully saturated rings. The van der Waals surface area contributed by atoms with Gasteiger partial charge < -0.3 is 10.3 Å². The third-order valence-corrected chi connectivity index (χ3v) is 4.00. The first-order valence-corrected chi connectivity index (χ1v) is 7.47. The summed E-state index contributed by atoms with van der Waals surface area (Å²) < 4.78 is 0. The normalized spacial score (nSPS) is 20.8. The quantitative estimate of drug-likeness (QED) is 0.646. The number of hydrogen-bond acceptors (Lipinski definition) is 5. The van der Waals surface area contributed by atoms with Crippen LogP contribution in [0.1, 0.15) is 56.7 Å². The smallest absolute Gasteiger partial charge is 0.145 e. The van der Waals surface area contributed by atoms with Gasteiger partial charge >= 0.3 is 0 Å². The average Bonchev–Trinajstić information content (AvgIpc) is 3.22. The molecule has 0 spiro atoms. The van der Waals surface area contributed by atoms with Crippen molar-refractivity contribution in [3.63, 3.8) is 0 Å². The molecule has 1 aliphatic heterocycles. The summed E-state index contributed by atoms with van der Waals surface area (Å²) in [5.74, 6) is 8.85. The van der Waals surface area contributed by atoms with Crippen LogP contribution in [0.5, 0.6) is 0 Å². The molecular formula is C14H23N5. The fourth-order valence-corrected chi connectivity index (χ4v) is 2.69. The van der Waals surface area contributed by atoms with E-state index in [1.807, 2.05) is 6.07 Å². The second kappa shape index (κ2) is 5.74. The fraction of sp³-hybridized carbons (Fsp3) is 0.714. The molecule has 3 rings (SSSR count). The van der Waals surface area contributed by atoms with Crippen molar-refractivity contribution in [2.45, 2.75) is 50.9 Å². The van der Waals surface area contributed by atoms with Crippen LogP contribution in [0.2, 0.25) is 0 Å². The Morgan fingerprint density at radius 3 is 2.37 bits per heavy atom. The van der Waals surface area contributed by atoms with Crippen molar-refractivity contribution in [3.05, 3.63) is 11.9 Å². The highest BCUT2D eigenvalue weighted by Gasteiger charge is 2.28. The van der Waals surface area contributed by atoms with Crippen LogP contribution >= 0.6 is 0 Å². The van der Waals surface area contributed by atoms with Gasteiger partial charge in [0.15, 0.2) is 0 Å². The Kier molecular flexibility index (Phi) is 3.82. The molecule has 0 aromatic carbocycles. The Balaban J connectivity index is 1.82. The van der Waals surface area contributed by atoms with Crippen LogP contribution in [0, 0.1) is 0 Å². The molecule has 1 aromatic rings. The number of nitrogens with two attached hydrogens (primary N) is 1. The summed E-state index contributed by atoms with van der Waals surface area (Å²) in [6.07, 6.45) is 8.99. The summed E-state index contributed by atoms with van der Waals surface area (Å²) in [6, 6.07) is 1.98. The summed E-state index contributed by atoms with van der Waals surface area (Å²) >= 11 is 0. The van der Waals surface area contributed by atoms with E-state index in [1.165, 1.54) is 44.9 Å². The second-order valence-corrected chi connectivity index (χ2v) is 5.64. The molecule has 1 aliphatic carbocycles. The lowest BCUT2D eigenvalue weighted by Crippen LogP contribution is -2.28. The van der Waals surface area contributed by atoms with E-state index in [0.717, 1.165) is 30.5 Å². The van der Waals surface area contributed by atoms with E-state index in [4.69, 9.17) is 10.8 Å². The van der Waals surface area contributed by atoms with Crippen LogP contribution in [0.4, 0.5) is 11.6 Å². The van der Waals surface area contributed by atoms with Gasteiger partial charge in [0.25, 0.3) is 0 Å². The monoisotopic (exact) mass is 261 g/mol. The molecule has 0 unspecified atom stereocenters. The molecule has 1 saturated carbocycles. The van der Waals surface area contributed by atoms with E-state index in [2.05, 4.69) is 15.3 Å². The standard InChI is InChI=1S/C14H23N5/c15-18-12-10-13(17-14(16-12)11-6-7-11)19-8-4-2-1-3-5-9-19/h10-11H,1-9,15H2,(H,16,17,18). The van der Waals surface area contributed by atoms with Gasteiger partial charge in [-0.2, -0.15) is 0 Å². The summed E-state index contributed by atoms with van der Waals surface area (Å²) in [5, 5.41) is 0. The van der Waals surface area contributed by atoms with Gasteiger partial charge in [-0.05, 0) is 25.7 Å². The van der Waals surface area contributed by atoms with Gasteiger partial charge in [-0.1, -0.05) is 19.3 Å². The Bertz CT molecular complexity index is 422. The summed E-state index contributed by atoms with van der Waals surface area (Å²) in [5.41, 5.74) is 2.68. The number of nitrogens with zero attached hydrogens (tertiary/aromatic N) is 3. The number of nitrogen functional groups attached to an aromatic ring is 1. The molecule has 19 heavy (non-hydrogen) atoms. The Morgan fingerprint density at radius 1 is 1.05 bits per heavy atom. The summed E-state index contributed by atoms with van der Waals surface area (Å²) in [7, 11) is 0. The third kappa shape index (κ3) is 3.15. The minimum atomic E-state index is 0.557. The van der Waals surface area contributed by atoms with Crippen molar-refractivity contribution in [1.29, 1.82) is 0 Å². The molecule has 104 valence electrons. The highest BCUT2D eigenvalue weighted by Crippen LogP contribution is 2.39. The molecule has 0 amide bonds. The first-order valence-electron chi connectivity index (χ1n) is 7.47. The zero-order valence-electron chi connectivity index (χ0n) is 11.4. The maximum absolute atomic E-state index is 5.53. The van der Waals surface area contributed by atoms with E-state index < -0.39 is 0 Å². The molecule has 2 heterocycles. The predicted octanol–water partition coefficient (Wildman–Crippen LogP) is 2.41. The van der Waals surface area contributed by atoms with Crippen LogP contribution < -0.4 is 16.2 Å². The van der Waals surface area contributed by atoms with Crippen molar-refractivity contribution >= 4 is 11.6 Å². The number of hydrazine groups is 1. The van der Waals surface area contributed by atoms with Gasteiger partial charge in [0.1, 0.15) is 17.5 Å². The lowest BCUT2D eigenvalue weighted by atomic mass is 10.1. The van der Waals surface area contributed by atoms with E-state index in [0.29, 0.717) is 5.92 Å². The van der Waals surface area contributed by atoms with Gasteiger partial charge in [-0.25, -0.2) is 15.8 Å². The van der Waals surface area contributed by atoms with Gasteiger partial charge in [0, 0.05) is 25.1 Å². The first kappa shape index (κ1) is 12.7. The van der Waals surface area contributed by atoms with Crippen molar-refractivity contribution in [2.75, 3.05) is 23.4 Å². The number of nitrogens with one attached hydrogen (secondary N) is 1. The van der Waals surface area contributed by atoms with Gasteiger partial charge in [-0.3, -0.25) is 0 Å². The minimum absolute atomic E-state index is 0.557. The Hall–Kier alpha value is -1.36. The molecule has 1 aromatic heterocycles. The number of anilines is 2. The summed E-state index contributed by atoms with van der Waals surface area (Å²) in [4.78, 5) is 11.6. The minimum Gasteiger partial charge on any atom is -0.356 e. The van der Waals surface area contributed by atoms with E-state index >= 15 is 0 Å². The van der Waals surface area contributed by atoms with Crippen LogP contribution in [-0.2, 0) is 0 Å². The SMILES string of the molecule is NNc1cc(N2CCCCCCC2)nc(C2CC2)n1. The molecule has 1 saturated heterocycles. The fourth-order valence-electron chi connectivity index (χ4n) is 2.69. The van der Waals surface area contributed by atoms with Gasteiger partial charge in [0.05, 0.1) is 0 Å². The molecule has 0 radical (unpaired) electrons. The maximum atomic E-state index is 5.53. The summed E-state index contributed by atoms with van der Waals surface area (Å²) in [6.45, 7) is 2.20. The molecule has 3 N–H and O–H groups in total. The van der Waals surface area contributed by atoms with E-state index in [9.17, 15) is 0 Å². The first-order chi connectivity index (χ1) is 9.36. The highest BCUT2D eigenvalue weighted by molar-refractivity contribution is 5.49. The molecular weight excluding hydrogens is 238 g/mol. The van der Waals surface area contributed by atoms with Crippen LogP contribution in [0.15, 0.2) is 6.07 Å². The number of aromatic nitrogens is 2. The Morgan fingerprint density at radius 2 is 1.74 bits per heavy atom. The van der Waals surface area contributed by atoms with Crippen molar-refractivity contribution in [1.82, 2.24) is 9.97 Å². The average molecular weight is 261 g/mol. The number of hydrogen-bond donors (Lipinski definition) is 2. The van der Waals surface area contributed by atoms with Gasteiger partial charge in [-0.15, -0.1) is 0 Å². The lowest BCUT2D eigenvalue weighted by Gasteiger charge is -2.26. The van der Waals surface area contributed by atoms with E-state index in [-0.39, 0.29) is 0 Å². The van der Waals surface area contributed by atoms with Crippen molar-refractivity contribution in [2.24, 2.45) is 5.84 Å². The zero-order chi connectivity index (χ0) is 13.1. The maximum Gasteiger partial charge on any atom is 0.145 e. The highest BCUT2D eigenvalue weighted by atomic mass is 15.3. The Labute approximate surface area is 114 Å². The van der Waals surface area contributed by atoms with Crippen LogP contribution in [-0.4, -0.2) is 23.1 Å². The second-order valence-electron chi connectivity index (χ2n) is 5.64. The van der Waals surface area contributed by atoms with Crippen molar-refractivity contribution < 1.29 is 0 Å².